The van der Waals surface area contributed by atoms with Gasteiger partial charge in [0.2, 0.25) is 0 Å². The van der Waals surface area contributed by atoms with Crippen LogP contribution in [0.1, 0.15) is 50.4 Å². The third kappa shape index (κ3) is 6.30. The summed E-state index contributed by atoms with van der Waals surface area (Å²) in [4.78, 5) is 25.0. The summed E-state index contributed by atoms with van der Waals surface area (Å²) >= 11 is 12.4. The van der Waals surface area contributed by atoms with Gasteiger partial charge in [0.15, 0.2) is 0 Å². The highest BCUT2D eigenvalue weighted by Gasteiger charge is 2.30. The van der Waals surface area contributed by atoms with E-state index in [0.29, 0.717) is 44.2 Å². The number of carbonyl (C=O) groups excluding carboxylic acids is 1. The van der Waals surface area contributed by atoms with Gasteiger partial charge in [-0.05, 0) is 89.8 Å². The van der Waals surface area contributed by atoms with Gasteiger partial charge in [-0.15, -0.1) is 0 Å². The van der Waals surface area contributed by atoms with Gasteiger partial charge in [-0.25, -0.2) is 4.79 Å². The van der Waals surface area contributed by atoms with E-state index in [0.717, 1.165) is 17.7 Å². The zero-order chi connectivity index (χ0) is 30.2. The minimum absolute atomic E-state index is 0.117. The summed E-state index contributed by atoms with van der Waals surface area (Å²) in [5.41, 5.74) is 2.40. The summed E-state index contributed by atoms with van der Waals surface area (Å²) in [6, 6.07) is 20.9. The maximum absolute atomic E-state index is 13.8. The van der Waals surface area contributed by atoms with Crippen molar-refractivity contribution in [3.05, 3.63) is 129 Å². The Morgan fingerprint density at radius 1 is 0.905 bits per heavy atom. The number of hydrogen-bond donors (Lipinski definition) is 2. The zero-order valence-corrected chi connectivity index (χ0v) is 23.6. The molecule has 5 rings (SSSR count). The number of benzene rings is 4. The van der Waals surface area contributed by atoms with Gasteiger partial charge in [-0.3, -0.25) is 4.79 Å². The number of aromatic nitrogens is 1. The maximum atomic E-state index is 13.8. The minimum Gasteiger partial charge on any atom is -0.478 e. The summed E-state index contributed by atoms with van der Waals surface area (Å²) in [5, 5.41) is 13.7. The molecule has 0 unspecified atom stereocenters. The van der Waals surface area contributed by atoms with E-state index in [1.54, 1.807) is 67.7 Å². The fourth-order valence-corrected chi connectivity index (χ4v) is 5.44. The van der Waals surface area contributed by atoms with Crippen molar-refractivity contribution in [2.24, 2.45) is 0 Å². The first kappa shape index (κ1) is 29.2. The Kier molecular flexibility index (Phi) is 8.03. The highest BCUT2D eigenvalue weighted by Crippen LogP contribution is 2.35. The number of alkyl halides is 3. The number of rotatable bonds is 7. The molecule has 1 amide bonds. The molecule has 10 heteroatoms. The predicted octanol–water partition coefficient (Wildman–Crippen LogP) is 8.87. The van der Waals surface area contributed by atoms with Crippen LogP contribution in [0.25, 0.3) is 22.0 Å². The SMILES string of the molecule is C[C@H](NC(=O)c1cc(-c2cccc(C(F)(F)F)c2)cc2ccn(Cc3cc(Cl)cc(Cl)c3)c12)c1ccc(C(=O)O)cc1. The standard InChI is InChI=1S/C32H23Cl2F3N2O3/c1-18(20-5-7-21(8-6-20)31(41)42)38-30(40)28-15-24(22-3-2-4-25(14-22)32(35,36)37)13-23-9-10-39(29(23)28)17-19-11-26(33)16-27(34)12-19/h2-16,18H,17H2,1H3,(H,38,40)(H,41,42)/t18-/m0/s1. The van der Waals surface area contributed by atoms with Crippen molar-refractivity contribution in [3.8, 4) is 11.1 Å². The highest BCUT2D eigenvalue weighted by atomic mass is 35.5. The van der Waals surface area contributed by atoms with Crippen LogP contribution >= 0.6 is 23.2 Å². The van der Waals surface area contributed by atoms with Gasteiger partial charge >= 0.3 is 12.1 Å². The van der Waals surface area contributed by atoms with E-state index in [9.17, 15) is 27.9 Å². The number of carbonyl (C=O) groups is 2. The largest absolute Gasteiger partial charge is 0.478 e. The van der Waals surface area contributed by atoms with Crippen LogP contribution in [0.15, 0.2) is 91.1 Å². The molecule has 1 atom stereocenters. The second kappa shape index (κ2) is 11.5. The van der Waals surface area contributed by atoms with Gasteiger partial charge in [0.05, 0.1) is 28.2 Å². The Hall–Kier alpha value is -4.27. The number of carboxylic acids is 1. The first-order chi connectivity index (χ1) is 19.9. The fourth-order valence-electron chi connectivity index (χ4n) is 4.87. The lowest BCUT2D eigenvalue weighted by Crippen LogP contribution is -2.27. The molecule has 214 valence electrons. The zero-order valence-electron chi connectivity index (χ0n) is 22.0. The molecule has 0 radical (unpaired) electrons. The van der Waals surface area contributed by atoms with Gasteiger partial charge in [-0.2, -0.15) is 13.2 Å². The van der Waals surface area contributed by atoms with Crippen LogP contribution in [-0.4, -0.2) is 21.6 Å². The third-order valence-corrected chi connectivity index (χ3v) is 7.35. The van der Waals surface area contributed by atoms with Crippen molar-refractivity contribution < 1.29 is 27.9 Å². The van der Waals surface area contributed by atoms with E-state index in [1.807, 2.05) is 4.57 Å². The molecule has 5 aromatic rings. The summed E-state index contributed by atoms with van der Waals surface area (Å²) in [6.45, 7) is 2.09. The smallest absolute Gasteiger partial charge is 0.416 e. The first-order valence-electron chi connectivity index (χ1n) is 12.8. The van der Waals surface area contributed by atoms with Crippen LogP contribution < -0.4 is 5.32 Å². The molecule has 0 aliphatic heterocycles. The molecule has 1 aromatic heterocycles. The molecule has 0 aliphatic carbocycles. The number of nitrogens with zero attached hydrogens (tertiary/aromatic N) is 1. The van der Waals surface area contributed by atoms with Crippen LogP contribution in [0.3, 0.4) is 0 Å². The normalized spacial score (nSPS) is 12.3. The van der Waals surface area contributed by atoms with Gasteiger partial charge in [0, 0.05) is 28.2 Å². The van der Waals surface area contributed by atoms with Gasteiger partial charge in [0.25, 0.3) is 5.91 Å². The summed E-state index contributed by atoms with van der Waals surface area (Å²) in [7, 11) is 0. The van der Waals surface area contributed by atoms with Crippen molar-refractivity contribution in [2.75, 3.05) is 0 Å². The molecule has 2 N–H and O–H groups in total. The Balaban J connectivity index is 1.58. The number of hydrogen-bond acceptors (Lipinski definition) is 2. The molecular formula is C32H23Cl2F3N2O3. The van der Waals surface area contributed by atoms with Crippen LogP contribution in [0.4, 0.5) is 13.2 Å². The van der Waals surface area contributed by atoms with Crippen molar-refractivity contribution in [1.82, 2.24) is 9.88 Å². The highest BCUT2D eigenvalue weighted by molar-refractivity contribution is 6.34. The second-order valence-corrected chi connectivity index (χ2v) is 10.8. The van der Waals surface area contributed by atoms with Gasteiger partial charge in [0.1, 0.15) is 0 Å². The number of halogens is 5. The van der Waals surface area contributed by atoms with Crippen LogP contribution in [-0.2, 0) is 12.7 Å². The lowest BCUT2D eigenvalue weighted by atomic mass is 9.98. The molecule has 0 aliphatic rings. The van der Waals surface area contributed by atoms with E-state index >= 15 is 0 Å². The Bertz CT molecular complexity index is 1790. The number of fused-ring (bicyclic) bond motifs is 1. The molecule has 0 bridgehead atoms. The number of amides is 1. The first-order valence-corrected chi connectivity index (χ1v) is 13.5. The third-order valence-electron chi connectivity index (χ3n) is 6.91. The maximum Gasteiger partial charge on any atom is 0.416 e. The van der Waals surface area contributed by atoms with Gasteiger partial charge in [-0.1, -0.05) is 47.5 Å². The molecular weight excluding hydrogens is 588 g/mol. The van der Waals surface area contributed by atoms with Crippen LogP contribution in [0.2, 0.25) is 10.0 Å². The lowest BCUT2D eigenvalue weighted by Gasteiger charge is -2.17. The van der Waals surface area contributed by atoms with Crippen LogP contribution in [0.5, 0.6) is 0 Å². The van der Waals surface area contributed by atoms with Crippen LogP contribution in [0, 0.1) is 0 Å². The van der Waals surface area contributed by atoms with E-state index < -0.39 is 29.7 Å². The minimum atomic E-state index is -4.52. The van der Waals surface area contributed by atoms with Gasteiger partial charge < -0.3 is 15.0 Å². The second-order valence-electron chi connectivity index (χ2n) is 9.88. The molecule has 42 heavy (non-hydrogen) atoms. The molecule has 0 saturated heterocycles. The van der Waals surface area contributed by atoms with Crippen molar-refractivity contribution in [2.45, 2.75) is 25.7 Å². The molecule has 0 fully saturated rings. The quantitative estimate of drug-likeness (QED) is 0.193. The predicted molar refractivity (Wildman–Crippen MR) is 157 cm³/mol. The lowest BCUT2D eigenvalue weighted by molar-refractivity contribution is -0.137. The average Bonchev–Trinajstić information content (AvgIpc) is 3.34. The number of carboxylic acid groups (broad SMARTS) is 1. The average molecular weight is 611 g/mol. The molecule has 5 nitrogen and oxygen atoms in total. The van der Waals surface area contributed by atoms with Crippen molar-refractivity contribution in [3.63, 3.8) is 0 Å². The number of nitrogens with one attached hydrogen (secondary N) is 1. The Morgan fingerprint density at radius 3 is 2.24 bits per heavy atom. The number of aromatic carboxylic acids is 1. The van der Waals surface area contributed by atoms with Crippen molar-refractivity contribution in [1.29, 1.82) is 0 Å². The molecule has 1 heterocycles. The molecule has 0 saturated carbocycles. The molecule has 4 aromatic carbocycles. The Labute approximate surface area is 249 Å². The van der Waals surface area contributed by atoms with Crippen molar-refractivity contribution >= 4 is 46.0 Å². The van der Waals surface area contributed by atoms with E-state index in [4.69, 9.17) is 23.2 Å². The fraction of sp³-hybridized carbons (Fsp3) is 0.125. The summed E-state index contributed by atoms with van der Waals surface area (Å²) in [6.07, 6.45) is -2.73. The monoisotopic (exact) mass is 610 g/mol. The topological polar surface area (TPSA) is 71.3 Å². The summed E-state index contributed by atoms with van der Waals surface area (Å²) < 4.78 is 42.3. The van der Waals surface area contributed by atoms with E-state index in [2.05, 4.69) is 5.32 Å². The Morgan fingerprint density at radius 2 is 1.60 bits per heavy atom. The summed E-state index contributed by atoms with van der Waals surface area (Å²) in [5.74, 6) is -1.51. The molecule has 0 spiro atoms. The van der Waals surface area contributed by atoms with E-state index in [1.165, 1.54) is 18.2 Å². The van der Waals surface area contributed by atoms with E-state index in [-0.39, 0.29) is 11.1 Å².